The molecule has 1 unspecified atom stereocenters. The van der Waals surface area contributed by atoms with Gasteiger partial charge in [0.05, 0.1) is 12.0 Å². The quantitative estimate of drug-likeness (QED) is 0.923. The van der Waals surface area contributed by atoms with E-state index in [-0.39, 0.29) is 18.2 Å². The van der Waals surface area contributed by atoms with Crippen molar-refractivity contribution in [3.8, 4) is 0 Å². The number of amides is 2. The number of hydrogen-bond donors (Lipinski definition) is 1. The van der Waals surface area contributed by atoms with Crippen molar-refractivity contribution in [3.05, 3.63) is 30.3 Å². The average Bonchev–Trinajstić information content (AvgIpc) is 3.13. The summed E-state index contributed by atoms with van der Waals surface area (Å²) in [7, 11) is 1.68. The third kappa shape index (κ3) is 3.24. The maximum absolute atomic E-state index is 12.6. The third-order valence-electron chi connectivity index (χ3n) is 5.12. The maximum atomic E-state index is 12.6. The fourth-order valence-corrected chi connectivity index (χ4v) is 3.68. The second-order valence-corrected chi connectivity index (χ2v) is 6.74. The fourth-order valence-electron chi connectivity index (χ4n) is 3.68. The van der Waals surface area contributed by atoms with Crippen molar-refractivity contribution in [3.63, 3.8) is 0 Å². The lowest BCUT2D eigenvalue weighted by molar-refractivity contribution is -0.140. The molecule has 1 saturated carbocycles. The number of hydrogen-bond acceptors (Lipinski definition) is 3. The van der Waals surface area contributed by atoms with E-state index in [1.165, 1.54) is 4.90 Å². The Hall–Kier alpha value is -1.88. The van der Waals surface area contributed by atoms with Crippen LogP contribution in [-0.2, 0) is 9.59 Å². The summed E-state index contributed by atoms with van der Waals surface area (Å²) in [6.45, 7) is 0.620. The molecule has 1 atom stereocenters. The molecule has 5 heteroatoms. The van der Waals surface area contributed by atoms with Gasteiger partial charge < -0.3 is 14.9 Å². The smallest absolute Gasteiger partial charge is 0.249 e. The van der Waals surface area contributed by atoms with E-state index >= 15 is 0 Å². The van der Waals surface area contributed by atoms with Crippen LogP contribution in [-0.4, -0.2) is 47.1 Å². The molecule has 2 amide bonds. The Kier molecular flexibility index (Phi) is 4.39. The van der Waals surface area contributed by atoms with Crippen molar-refractivity contribution in [2.45, 2.75) is 50.2 Å². The molecule has 1 heterocycles. The van der Waals surface area contributed by atoms with Crippen molar-refractivity contribution < 1.29 is 14.7 Å². The predicted octanol–water partition coefficient (Wildman–Crippen LogP) is 1.95. The standard InChI is InChI=1S/C18H24N2O3/c1-19(16(21)13-18(23)10-5-6-11-18)15-9-12-20(17(15)22)14-7-3-2-4-8-14/h2-4,7-8,15,23H,5-6,9-13H2,1H3. The van der Waals surface area contributed by atoms with Gasteiger partial charge in [-0.05, 0) is 31.4 Å². The number of carbonyl (C=O) groups is 2. The zero-order valence-electron chi connectivity index (χ0n) is 13.6. The van der Waals surface area contributed by atoms with E-state index < -0.39 is 11.6 Å². The van der Waals surface area contributed by atoms with Crippen molar-refractivity contribution in [1.29, 1.82) is 0 Å². The lowest BCUT2D eigenvalue weighted by atomic mass is 9.97. The van der Waals surface area contributed by atoms with Crippen LogP contribution in [0.25, 0.3) is 0 Å². The van der Waals surface area contributed by atoms with Crippen molar-refractivity contribution >= 4 is 17.5 Å². The van der Waals surface area contributed by atoms with Crippen LogP contribution in [0.5, 0.6) is 0 Å². The van der Waals surface area contributed by atoms with E-state index in [2.05, 4.69) is 0 Å². The molecule has 1 aliphatic heterocycles. The molecule has 2 aliphatic rings. The SMILES string of the molecule is CN(C(=O)CC1(O)CCCC1)C1CCN(c2ccccc2)C1=O. The number of para-hydroxylation sites is 1. The van der Waals surface area contributed by atoms with Crippen molar-refractivity contribution in [1.82, 2.24) is 4.90 Å². The van der Waals surface area contributed by atoms with Gasteiger partial charge in [0.2, 0.25) is 11.8 Å². The minimum absolute atomic E-state index is 0.0366. The first kappa shape index (κ1) is 16.0. The number of carbonyl (C=O) groups excluding carboxylic acids is 2. The van der Waals surface area contributed by atoms with Crippen LogP contribution < -0.4 is 4.90 Å². The van der Waals surface area contributed by atoms with Gasteiger partial charge in [-0.3, -0.25) is 9.59 Å². The molecule has 1 aromatic carbocycles. The van der Waals surface area contributed by atoms with E-state index in [0.29, 0.717) is 25.8 Å². The molecular weight excluding hydrogens is 292 g/mol. The molecular formula is C18H24N2O3. The second-order valence-electron chi connectivity index (χ2n) is 6.74. The van der Waals surface area contributed by atoms with Gasteiger partial charge in [0.1, 0.15) is 6.04 Å². The number of benzene rings is 1. The fraction of sp³-hybridized carbons (Fsp3) is 0.556. The summed E-state index contributed by atoms with van der Waals surface area (Å²) in [4.78, 5) is 28.4. The molecule has 1 saturated heterocycles. The van der Waals surface area contributed by atoms with E-state index in [0.717, 1.165) is 18.5 Å². The van der Waals surface area contributed by atoms with Gasteiger partial charge in [0.25, 0.3) is 0 Å². The van der Waals surface area contributed by atoms with Crippen LogP contribution in [0.1, 0.15) is 38.5 Å². The summed E-state index contributed by atoms with van der Waals surface area (Å²) in [5, 5.41) is 10.4. The third-order valence-corrected chi connectivity index (χ3v) is 5.12. The minimum Gasteiger partial charge on any atom is -0.389 e. The molecule has 1 aliphatic carbocycles. The van der Waals surface area contributed by atoms with Crippen LogP contribution in [0.4, 0.5) is 5.69 Å². The number of likely N-dealkylation sites (N-methyl/N-ethyl adjacent to an activating group) is 1. The van der Waals surface area contributed by atoms with Gasteiger partial charge in [-0.25, -0.2) is 0 Å². The van der Waals surface area contributed by atoms with Crippen LogP contribution in [0, 0.1) is 0 Å². The topological polar surface area (TPSA) is 60.9 Å². The Morgan fingerprint density at radius 3 is 2.61 bits per heavy atom. The van der Waals surface area contributed by atoms with Crippen LogP contribution >= 0.6 is 0 Å². The van der Waals surface area contributed by atoms with Crippen LogP contribution in [0.2, 0.25) is 0 Å². The normalized spacial score (nSPS) is 23.3. The first-order valence-corrected chi connectivity index (χ1v) is 8.35. The zero-order valence-corrected chi connectivity index (χ0v) is 13.6. The highest BCUT2D eigenvalue weighted by molar-refractivity contribution is 6.01. The minimum atomic E-state index is -0.869. The Bertz CT molecular complexity index is 581. The molecule has 3 rings (SSSR count). The first-order chi connectivity index (χ1) is 11.0. The average molecular weight is 316 g/mol. The molecule has 0 aromatic heterocycles. The van der Waals surface area contributed by atoms with Gasteiger partial charge in [0, 0.05) is 19.3 Å². The van der Waals surface area contributed by atoms with Crippen LogP contribution in [0.3, 0.4) is 0 Å². The number of rotatable bonds is 4. The summed E-state index contributed by atoms with van der Waals surface area (Å²) in [6.07, 6.45) is 4.06. The zero-order chi connectivity index (χ0) is 16.4. The molecule has 1 aromatic rings. The first-order valence-electron chi connectivity index (χ1n) is 8.35. The predicted molar refractivity (Wildman–Crippen MR) is 88.0 cm³/mol. The molecule has 2 fully saturated rings. The molecule has 23 heavy (non-hydrogen) atoms. The summed E-state index contributed by atoms with van der Waals surface area (Å²) in [5.74, 6) is -0.173. The van der Waals surface area contributed by atoms with Crippen LogP contribution in [0.15, 0.2) is 30.3 Å². The summed E-state index contributed by atoms with van der Waals surface area (Å²) >= 11 is 0. The summed E-state index contributed by atoms with van der Waals surface area (Å²) in [6, 6.07) is 9.11. The number of nitrogens with zero attached hydrogens (tertiary/aromatic N) is 2. The van der Waals surface area contributed by atoms with Crippen molar-refractivity contribution in [2.75, 3.05) is 18.5 Å². The van der Waals surface area contributed by atoms with Gasteiger partial charge in [-0.2, -0.15) is 0 Å². The number of anilines is 1. The Labute approximate surface area is 136 Å². The maximum Gasteiger partial charge on any atom is 0.249 e. The summed E-state index contributed by atoms with van der Waals surface area (Å²) in [5.41, 5.74) is 0.00168. The van der Waals surface area contributed by atoms with Gasteiger partial charge in [-0.1, -0.05) is 31.0 Å². The molecule has 1 N–H and O–H groups in total. The molecule has 0 spiro atoms. The van der Waals surface area contributed by atoms with Crippen molar-refractivity contribution in [2.24, 2.45) is 0 Å². The van der Waals surface area contributed by atoms with E-state index in [4.69, 9.17) is 0 Å². The lowest BCUT2D eigenvalue weighted by Gasteiger charge is -2.28. The molecule has 0 radical (unpaired) electrons. The van der Waals surface area contributed by atoms with E-state index in [9.17, 15) is 14.7 Å². The highest BCUT2D eigenvalue weighted by atomic mass is 16.3. The summed E-state index contributed by atoms with van der Waals surface area (Å²) < 4.78 is 0. The monoisotopic (exact) mass is 316 g/mol. The Morgan fingerprint density at radius 2 is 1.96 bits per heavy atom. The Balaban J connectivity index is 1.65. The van der Waals surface area contributed by atoms with E-state index in [1.807, 2.05) is 30.3 Å². The Morgan fingerprint density at radius 1 is 1.30 bits per heavy atom. The molecule has 0 bridgehead atoms. The van der Waals surface area contributed by atoms with Gasteiger partial charge in [-0.15, -0.1) is 0 Å². The molecule has 124 valence electrons. The lowest BCUT2D eigenvalue weighted by Crippen LogP contribution is -2.45. The van der Waals surface area contributed by atoms with Gasteiger partial charge >= 0.3 is 0 Å². The van der Waals surface area contributed by atoms with E-state index in [1.54, 1.807) is 11.9 Å². The highest BCUT2D eigenvalue weighted by Crippen LogP contribution is 2.33. The van der Waals surface area contributed by atoms with Gasteiger partial charge in [0.15, 0.2) is 0 Å². The largest absolute Gasteiger partial charge is 0.389 e. The second kappa shape index (κ2) is 6.32. The number of aliphatic hydroxyl groups is 1. The molecule has 5 nitrogen and oxygen atoms in total. The highest BCUT2D eigenvalue weighted by Gasteiger charge is 2.40.